The molecule has 0 saturated heterocycles. The van der Waals surface area contributed by atoms with Crippen LogP contribution in [0.25, 0.3) is 11.1 Å². The van der Waals surface area contributed by atoms with E-state index in [1.807, 2.05) is 36.4 Å². The minimum atomic E-state index is -0.300. The molecule has 1 amide bonds. The van der Waals surface area contributed by atoms with Gasteiger partial charge in [-0.25, -0.2) is 0 Å². The predicted molar refractivity (Wildman–Crippen MR) is 101 cm³/mol. The lowest BCUT2D eigenvalue weighted by molar-refractivity contribution is 0.102. The maximum atomic E-state index is 12.3. The second-order valence-electron chi connectivity index (χ2n) is 5.19. The third-order valence-electron chi connectivity index (χ3n) is 3.62. The molecule has 0 heterocycles. The van der Waals surface area contributed by atoms with Gasteiger partial charge in [-0.2, -0.15) is 0 Å². The summed E-state index contributed by atoms with van der Waals surface area (Å²) in [5, 5.41) is 3.29. The van der Waals surface area contributed by atoms with Crippen molar-refractivity contribution in [1.29, 1.82) is 0 Å². The number of nitrogens with two attached hydrogens (primary N) is 1. The third kappa shape index (κ3) is 3.23. The van der Waals surface area contributed by atoms with Gasteiger partial charge in [0.05, 0.1) is 21.4 Å². The number of carbonyl (C=O) groups is 1. The van der Waals surface area contributed by atoms with Crippen LogP contribution in [0.1, 0.15) is 10.4 Å². The molecule has 0 radical (unpaired) electrons. The van der Waals surface area contributed by atoms with Crippen molar-refractivity contribution in [1.82, 2.24) is 0 Å². The van der Waals surface area contributed by atoms with Crippen LogP contribution in [0.15, 0.2) is 66.7 Å². The minimum absolute atomic E-state index is 0.227. The largest absolute Gasteiger partial charge is 0.397 e. The number of anilines is 2. The fourth-order valence-electron chi connectivity index (χ4n) is 2.38. The number of hydrogen-bond acceptors (Lipinski definition) is 2. The van der Waals surface area contributed by atoms with E-state index in [0.717, 1.165) is 11.1 Å². The molecule has 120 valence electrons. The molecule has 24 heavy (non-hydrogen) atoms. The Kier molecular flexibility index (Phi) is 4.74. The highest BCUT2D eigenvalue weighted by Crippen LogP contribution is 2.41. The van der Waals surface area contributed by atoms with Crippen molar-refractivity contribution < 1.29 is 4.79 Å². The molecule has 5 heteroatoms. The van der Waals surface area contributed by atoms with Gasteiger partial charge in [-0.05, 0) is 23.8 Å². The number of hydrogen-bond donors (Lipinski definition) is 2. The smallest absolute Gasteiger partial charge is 0.255 e. The standard InChI is InChI=1S/C19H14Cl2N2O/c20-15-11-14(12-7-3-1-4-8-12)17(22)16(21)18(15)23-19(24)13-9-5-2-6-10-13/h1-11H,22H2,(H,23,24). The molecule has 3 aromatic rings. The van der Waals surface area contributed by atoms with E-state index in [0.29, 0.717) is 22.0 Å². The first kappa shape index (κ1) is 16.4. The quantitative estimate of drug-likeness (QED) is 0.609. The fraction of sp³-hybridized carbons (Fsp3) is 0. The Morgan fingerprint density at radius 3 is 2.12 bits per heavy atom. The van der Waals surface area contributed by atoms with Gasteiger partial charge in [0.15, 0.2) is 0 Å². The summed E-state index contributed by atoms with van der Waals surface area (Å²) in [4.78, 5) is 12.3. The van der Waals surface area contributed by atoms with Crippen LogP contribution in [0.4, 0.5) is 11.4 Å². The average molecular weight is 357 g/mol. The van der Waals surface area contributed by atoms with E-state index in [4.69, 9.17) is 28.9 Å². The van der Waals surface area contributed by atoms with Gasteiger partial charge >= 0.3 is 0 Å². The van der Waals surface area contributed by atoms with Gasteiger partial charge in [0.2, 0.25) is 0 Å². The number of amides is 1. The Balaban J connectivity index is 1.99. The van der Waals surface area contributed by atoms with Crippen LogP contribution < -0.4 is 11.1 Å². The molecule has 3 nitrogen and oxygen atoms in total. The van der Waals surface area contributed by atoms with Crippen molar-refractivity contribution in [2.24, 2.45) is 0 Å². The number of benzene rings is 3. The summed E-state index contributed by atoms with van der Waals surface area (Å²) in [5.74, 6) is -0.300. The van der Waals surface area contributed by atoms with Crippen LogP contribution in [-0.4, -0.2) is 5.91 Å². The lowest BCUT2D eigenvalue weighted by Crippen LogP contribution is -2.13. The van der Waals surface area contributed by atoms with Crippen LogP contribution in [0, 0.1) is 0 Å². The van der Waals surface area contributed by atoms with Crippen molar-refractivity contribution in [3.8, 4) is 11.1 Å². The number of nitrogen functional groups attached to an aromatic ring is 1. The maximum absolute atomic E-state index is 12.3. The molecule has 3 aromatic carbocycles. The predicted octanol–water partition coefficient (Wildman–Crippen LogP) is 5.49. The Hall–Kier alpha value is -2.49. The van der Waals surface area contributed by atoms with Gasteiger partial charge in [0.25, 0.3) is 5.91 Å². The number of nitrogens with one attached hydrogen (secondary N) is 1. The molecule has 0 unspecified atom stereocenters. The number of carbonyl (C=O) groups excluding carboxylic acids is 1. The molecular formula is C19H14Cl2N2O. The molecule has 3 N–H and O–H groups in total. The first-order valence-corrected chi connectivity index (χ1v) is 8.03. The van der Waals surface area contributed by atoms with E-state index >= 15 is 0 Å². The van der Waals surface area contributed by atoms with E-state index in [1.165, 1.54) is 0 Å². The third-order valence-corrected chi connectivity index (χ3v) is 4.31. The summed E-state index contributed by atoms with van der Waals surface area (Å²) >= 11 is 12.7. The second-order valence-corrected chi connectivity index (χ2v) is 5.98. The van der Waals surface area contributed by atoms with E-state index in [2.05, 4.69) is 5.32 Å². The van der Waals surface area contributed by atoms with E-state index in [9.17, 15) is 4.79 Å². The molecule has 3 rings (SSSR count). The molecule has 0 aliphatic rings. The molecule has 0 aliphatic heterocycles. The fourth-order valence-corrected chi connectivity index (χ4v) is 2.93. The normalized spacial score (nSPS) is 10.4. The molecule has 0 fully saturated rings. The molecule has 0 bridgehead atoms. The Labute approximate surface area is 150 Å². The SMILES string of the molecule is Nc1c(-c2ccccc2)cc(Cl)c(NC(=O)c2ccccc2)c1Cl. The summed E-state index contributed by atoms with van der Waals surface area (Å²) in [6.07, 6.45) is 0. The maximum Gasteiger partial charge on any atom is 0.255 e. The Morgan fingerprint density at radius 2 is 1.50 bits per heavy atom. The van der Waals surface area contributed by atoms with Crippen molar-refractivity contribution in [2.45, 2.75) is 0 Å². The van der Waals surface area contributed by atoms with Gasteiger partial charge in [-0.15, -0.1) is 0 Å². The van der Waals surface area contributed by atoms with Crippen LogP contribution in [0.2, 0.25) is 10.0 Å². The van der Waals surface area contributed by atoms with Crippen molar-refractivity contribution in [3.05, 3.63) is 82.3 Å². The zero-order chi connectivity index (χ0) is 17.1. The highest BCUT2D eigenvalue weighted by molar-refractivity contribution is 6.42. The lowest BCUT2D eigenvalue weighted by Gasteiger charge is -2.15. The molecule has 0 atom stereocenters. The zero-order valence-corrected chi connectivity index (χ0v) is 14.1. The molecule has 0 aromatic heterocycles. The van der Waals surface area contributed by atoms with Gasteiger partial charge in [0.1, 0.15) is 0 Å². The highest BCUT2D eigenvalue weighted by atomic mass is 35.5. The van der Waals surface area contributed by atoms with Gasteiger partial charge in [-0.3, -0.25) is 4.79 Å². The molecule has 0 spiro atoms. The first-order valence-electron chi connectivity index (χ1n) is 7.27. The average Bonchev–Trinajstić information content (AvgIpc) is 2.63. The Bertz CT molecular complexity index is 881. The van der Waals surface area contributed by atoms with E-state index in [-0.39, 0.29) is 10.9 Å². The van der Waals surface area contributed by atoms with Crippen LogP contribution in [-0.2, 0) is 0 Å². The number of halogens is 2. The van der Waals surface area contributed by atoms with E-state index in [1.54, 1.807) is 30.3 Å². The van der Waals surface area contributed by atoms with Gasteiger partial charge in [0, 0.05) is 11.1 Å². The number of rotatable bonds is 3. The zero-order valence-electron chi connectivity index (χ0n) is 12.6. The Morgan fingerprint density at radius 1 is 0.917 bits per heavy atom. The van der Waals surface area contributed by atoms with Crippen molar-refractivity contribution in [2.75, 3.05) is 11.1 Å². The summed E-state index contributed by atoms with van der Waals surface area (Å²) in [7, 11) is 0. The summed E-state index contributed by atoms with van der Waals surface area (Å²) in [6.45, 7) is 0. The van der Waals surface area contributed by atoms with Crippen LogP contribution >= 0.6 is 23.2 Å². The molecule has 0 aliphatic carbocycles. The van der Waals surface area contributed by atoms with Crippen LogP contribution in [0.3, 0.4) is 0 Å². The van der Waals surface area contributed by atoms with E-state index < -0.39 is 0 Å². The summed E-state index contributed by atoms with van der Waals surface area (Å²) in [6, 6.07) is 20.1. The second kappa shape index (κ2) is 6.95. The topological polar surface area (TPSA) is 55.1 Å². The van der Waals surface area contributed by atoms with Crippen molar-refractivity contribution >= 4 is 40.5 Å². The van der Waals surface area contributed by atoms with Gasteiger partial charge in [-0.1, -0.05) is 71.7 Å². The monoisotopic (exact) mass is 356 g/mol. The highest BCUT2D eigenvalue weighted by Gasteiger charge is 2.17. The van der Waals surface area contributed by atoms with Gasteiger partial charge < -0.3 is 11.1 Å². The summed E-state index contributed by atoms with van der Waals surface area (Å²) in [5.41, 5.74) is 8.97. The lowest BCUT2D eigenvalue weighted by atomic mass is 10.0. The summed E-state index contributed by atoms with van der Waals surface area (Å²) < 4.78 is 0. The minimum Gasteiger partial charge on any atom is -0.397 e. The molecular weight excluding hydrogens is 343 g/mol. The first-order chi connectivity index (χ1) is 11.6. The van der Waals surface area contributed by atoms with Crippen molar-refractivity contribution in [3.63, 3.8) is 0 Å². The van der Waals surface area contributed by atoms with Crippen LogP contribution in [0.5, 0.6) is 0 Å². The molecule has 0 saturated carbocycles.